The van der Waals surface area contributed by atoms with Crippen LogP contribution in [0, 0.1) is 5.41 Å². The first-order valence-electron chi connectivity index (χ1n) is 6.08. The van der Waals surface area contributed by atoms with E-state index in [1.165, 1.54) is 0 Å². The van der Waals surface area contributed by atoms with Crippen LogP contribution < -0.4 is 15.4 Å². The summed E-state index contributed by atoms with van der Waals surface area (Å²) in [6.07, 6.45) is 0. The van der Waals surface area contributed by atoms with E-state index >= 15 is 0 Å². The number of amides is 2. The molecule has 0 spiro atoms. The fraction of sp³-hybridized carbons (Fsp3) is 0.429. The molecule has 5 heteroatoms. The molecular weight excluding hydrogens is 244 g/mol. The lowest BCUT2D eigenvalue weighted by atomic mass is 9.95. The van der Waals surface area contributed by atoms with E-state index in [1.54, 1.807) is 31.3 Å². The molecule has 0 radical (unpaired) electrons. The van der Waals surface area contributed by atoms with Crippen molar-refractivity contribution in [1.82, 2.24) is 5.32 Å². The van der Waals surface area contributed by atoms with Gasteiger partial charge in [0.2, 0.25) is 5.91 Å². The molecule has 0 unspecified atom stereocenters. The van der Waals surface area contributed by atoms with Crippen LogP contribution in [0.4, 0.5) is 5.69 Å². The highest BCUT2D eigenvalue weighted by Crippen LogP contribution is 2.21. The second-order valence-corrected chi connectivity index (χ2v) is 5.19. The first kappa shape index (κ1) is 15.0. The number of nitrogens with one attached hydrogen (secondary N) is 2. The highest BCUT2D eigenvalue weighted by atomic mass is 16.5. The summed E-state index contributed by atoms with van der Waals surface area (Å²) in [7, 11) is 1.55. The molecule has 2 amide bonds. The van der Waals surface area contributed by atoms with Gasteiger partial charge < -0.3 is 15.4 Å². The Morgan fingerprint density at radius 2 is 1.95 bits per heavy atom. The van der Waals surface area contributed by atoms with Crippen molar-refractivity contribution in [3.05, 3.63) is 24.3 Å². The third-order valence-electron chi connectivity index (χ3n) is 2.42. The second kappa shape index (κ2) is 6.22. The fourth-order valence-corrected chi connectivity index (χ4v) is 1.20. The highest BCUT2D eigenvalue weighted by molar-refractivity contribution is 5.94. The molecule has 5 nitrogen and oxygen atoms in total. The molecular formula is C14H20N2O3. The van der Waals surface area contributed by atoms with Gasteiger partial charge in [-0.2, -0.15) is 0 Å². The predicted octanol–water partition coefficient (Wildman–Crippen LogP) is 1.80. The van der Waals surface area contributed by atoms with E-state index in [9.17, 15) is 9.59 Å². The molecule has 0 aliphatic heterocycles. The average molecular weight is 264 g/mol. The number of hydrogen-bond acceptors (Lipinski definition) is 3. The molecule has 0 fully saturated rings. The molecule has 0 bridgehead atoms. The Bertz CT molecular complexity index is 464. The number of ether oxygens (including phenoxy) is 1. The highest BCUT2D eigenvalue weighted by Gasteiger charge is 2.21. The lowest BCUT2D eigenvalue weighted by Gasteiger charge is -2.18. The molecule has 104 valence electrons. The minimum absolute atomic E-state index is 0.0484. The van der Waals surface area contributed by atoms with Crippen LogP contribution >= 0.6 is 0 Å². The van der Waals surface area contributed by atoms with Crippen LogP contribution in [0.25, 0.3) is 0 Å². The van der Waals surface area contributed by atoms with Crippen molar-refractivity contribution >= 4 is 17.5 Å². The molecule has 1 rings (SSSR count). The monoisotopic (exact) mass is 264 g/mol. The van der Waals surface area contributed by atoms with Gasteiger partial charge in [0.25, 0.3) is 5.91 Å². The van der Waals surface area contributed by atoms with E-state index in [2.05, 4.69) is 10.6 Å². The molecule has 0 saturated carbocycles. The van der Waals surface area contributed by atoms with Gasteiger partial charge in [-0.25, -0.2) is 0 Å². The van der Waals surface area contributed by atoms with Gasteiger partial charge in [0.05, 0.1) is 0 Å². The molecule has 0 aromatic heterocycles. The van der Waals surface area contributed by atoms with Crippen LogP contribution in [0.3, 0.4) is 0 Å². The van der Waals surface area contributed by atoms with Crippen LogP contribution in [-0.2, 0) is 9.59 Å². The minimum Gasteiger partial charge on any atom is -0.484 e. The summed E-state index contributed by atoms with van der Waals surface area (Å²) in [5.41, 5.74) is 0.188. The first-order chi connectivity index (χ1) is 8.82. The van der Waals surface area contributed by atoms with Gasteiger partial charge in [0, 0.05) is 24.2 Å². The van der Waals surface area contributed by atoms with Gasteiger partial charge in [0.15, 0.2) is 6.61 Å². The largest absolute Gasteiger partial charge is 0.484 e. The van der Waals surface area contributed by atoms with E-state index in [0.29, 0.717) is 11.4 Å². The molecule has 2 N–H and O–H groups in total. The van der Waals surface area contributed by atoms with Crippen LogP contribution in [0.2, 0.25) is 0 Å². The zero-order valence-electron chi connectivity index (χ0n) is 11.7. The maximum atomic E-state index is 11.8. The van der Waals surface area contributed by atoms with Crippen molar-refractivity contribution < 1.29 is 14.3 Å². The van der Waals surface area contributed by atoms with E-state index in [0.717, 1.165) is 0 Å². The number of likely N-dealkylation sites (N-methyl/N-ethyl adjacent to an activating group) is 1. The number of benzene rings is 1. The van der Waals surface area contributed by atoms with Crippen LogP contribution in [0.15, 0.2) is 24.3 Å². The minimum atomic E-state index is -0.459. The van der Waals surface area contributed by atoms with Crippen molar-refractivity contribution in [3.63, 3.8) is 0 Å². The predicted molar refractivity (Wildman–Crippen MR) is 74.1 cm³/mol. The van der Waals surface area contributed by atoms with Crippen molar-refractivity contribution in [1.29, 1.82) is 0 Å². The van der Waals surface area contributed by atoms with Gasteiger partial charge in [-0.05, 0) is 12.1 Å². The van der Waals surface area contributed by atoms with E-state index in [1.807, 2.05) is 20.8 Å². The number of carbonyl (C=O) groups is 2. The fourth-order valence-electron chi connectivity index (χ4n) is 1.20. The van der Waals surface area contributed by atoms with Gasteiger partial charge in [0.1, 0.15) is 5.75 Å². The third-order valence-corrected chi connectivity index (χ3v) is 2.42. The Balaban J connectivity index is 2.67. The Labute approximate surface area is 113 Å². The normalized spacial score (nSPS) is 10.7. The topological polar surface area (TPSA) is 67.4 Å². The lowest BCUT2D eigenvalue weighted by molar-refractivity contribution is -0.123. The van der Waals surface area contributed by atoms with E-state index < -0.39 is 5.41 Å². The summed E-state index contributed by atoms with van der Waals surface area (Å²) in [5, 5.41) is 5.27. The summed E-state index contributed by atoms with van der Waals surface area (Å²) in [6, 6.07) is 6.95. The molecule has 1 aromatic carbocycles. The average Bonchev–Trinajstić information content (AvgIpc) is 2.35. The molecule has 0 saturated heterocycles. The zero-order valence-corrected chi connectivity index (χ0v) is 11.7. The van der Waals surface area contributed by atoms with Crippen molar-refractivity contribution in [2.45, 2.75) is 20.8 Å². The van der Waals surface area contributed by atoms with Crippen LogP contribution in [0.5, 0.6) is 5.75 Å². The summed E-state index contributed by atoms with van der Waals surface area (Å²) in [6.45, 7) is 5.48. The van der Waals surface area contributed by atoms with Crippen LogP contribution in [-0.4, -0.2) is 25.5 Å². The second-order valence-electron chi connectivity index (χ2n) is 5.19. The maximum Gasteiger partial charge on any atom is 0.257 e. The first-order valence-corrected chi connectivity index (χ1v) is 6.08. The SMILES string of the molecule is CNC(=O)COc1cccc(NC(=O)C(C)(C)C)c1. The van der Waals surface area contributed by atoms with E-state index in [4.69, 9.17) is 4.74 Å². The zero-order chi connectivity index (χ0) is 14.5. The summed E-state index contributed by atoms with van der Waals surface area (Å²) in [5.74, 6) is 0.260. The van der Waals surface area contributed by atoms with Crippen LogP contribution in [0.1, 0.15) is 20.8 Å². The van der Waals surface area contributed by atoms with Gasteiger partial charge in [-0.15, -0.1) is 0 Å². The van der Waals surface area contributed by atoms with Gasteiger partial charge >= 0.3 is 0 Å². The summed E-state index contributed by atoms with van der Waals surface area (Å²) < 4.78 is 5.30. The number of carbonyl (C=O) groups excluding carboxylic acids is 2. The lowest BCUT2D eigenvalue weighted by Crippen LogP contribution is -2.27. The smallest absolute Gasteiger partial charge is 0.257 e. The number of hydrogen-bond donors (Lipinski definition) is 2. The molecule has 0 aliphatic carbocycles. The third kappa shape index (κ3) is 4.99. The number of rotatable bonds is 4. The number of anilines is 1. The molecule has 0 atom stereocenters. The van der Waals surface area contributed by atoms with Gasteiger partial charge in [-0.3, -0.25) is 9.59 Å². The summed E-state index contributed by atoms with van der Waals surface area (Å²) in [4.78, 5) is 22.9. The molecule has 0 heterocycles. The maximum absolute atomic E-state index is 11.8. The van der Waals surface area contributed by atoms with Crippen molar-refractivity contribution in [2.24, 2.45) is 5.41 Å². The Hall–Kier alpha value is -2.04. The quantitative estimate of drug-likeness (QED) is 0.871. The summed E-state index contributed by atoms with van der Waals surface area (Å²) >= 11 is 0. The van der Waals surface area contributed by atoms with Crippen molar-refractivity contribution in [2.75, 3.05) is 19.0 Å². The van der Waals surface area contributed by atoms with Crippen molar-refractivity contribution in [3.8, 4) is 5.75 Å². The standard InChI is InChI=1S/C14H20N2O3/c1-14(2,3)13(18)16-10-6-5-7-11(8-10)19-9-12(17)15-4/h5-8H,9H2,1-4H3,(H,15,17)(H,16,18). The molecule has 1 aromatic rings. The molecule has 0 aliphatic rings. The molecule has 19 heavy (non-hydrogen) atoms. The Morgan fingerprint density at radius 3 is 2.53 bits per heavy atom. The Kier molecular flexibility index (Phi) is 4.92. The van der Waals surface area contributed by atoms with E-state index in [-0.39, 0.29) is 18.4 Å². The Morgan fingerprint density at radius 1 is 1.26 bits per heavy atom. The van der Waals surface area contributed by atoms with Gasteiger partial charge in [-0.1, -0.05) is 26.8 Å².